The summed E-state index contributed by atoms with van der Waals surface area (Å²) in [6, 6.07) is 69.6. The fraction of sp³-hybridized carbons (Fsp3) is 0.258. The van der Waals surface area contributed by atoms with E-state index >= 15 is 0 Å². The molecule has 6 atom stereocenters. The summed E-state index contributed by atoms with van der Waals surface area (Å²) >= 11 is 0. The Hall–Kier alpha value is -6.18. The van der Waals surface area contributed by atoms with Gasteiger partial charge in [-0.15, -0.1) is 0 Å². The lowest BCUT2D eigenvalue weighted by molar-refractivity contribution is -0.231. The number of rotatable bonds is 7. The lowest BCUT2D eigenvalue weighted by Gasteiger charge is -2.76. The van der Waals surface area contributed by atoms with Gasteiger partial charge in [-0.2, -0.15) is 0 Å². The first kappa shape index (κ1) is 36.3. The van der Waals surface area contributed by atoms with Gasteiger partial charge in [-0.05, 0) is 176 Å². The maximum absolute atomic E-state index is 2.64. The maximum atomic E-state index is 2.64. The number of benzene rings is 8. The van der Waals surface area contributed by atoms with E-state index in [2.05, 4.69) is 187 Å². The van der Waals surface area contributed by atoms with Crippen molar-refractivity contribution in [1.82, 2.24) is 0 Å². The summed E-state index contributed by atoms with van der Waals surface area (Å²) < 4.78 is 0. The van der Waals surface area contributed by atoms with E-state index in [0.29, 0.717) is 11.3 Å². The quantitative estimate of drug-likeness (QED) is 0.155. The normalized spacial score (nSPS) is 25.9. The highest BCUT2D eigenvalue weighted by Crippen LogP contribution is 2.89. The van der Waals surface area contributed by atoms with E-state index in [9.17, 15) is 0 Å². The zero-order valence-electron chi connectivity index (χ0n) is 36.0. The fourth-order valence-corrected chi connectivity index (χ4v) is 15.4. The summed E-state index contributed by atoms with van der Waals surface area (Å²) in [6.07, 6.45) is 12.4. The first-order valence-electron chi connectivity index (χ1n) is 24.1. The highest BCUT2D eigenvalue weighted by Gasteiger charge is 2.84. The highest BCUT2D eigenvalue weighted by atomic mass is 15.1. The molecule has 0 saturated heterocycles. The van der Waals surface area contributed by atoms with Crippen molar-refractivity contribution < 1.29 is 0 Å². The van der Waals surface area contributed by atoms with Crippen LogP contribution in [-0.2, 0) is 5.41 Å². The maximum Gasteiger partial charge on any atom is 0.0540 e. The first-order chi connectivity index (χ1) is 31.2. The van der Waals surface area contributed by atoms with E-state index in [1.54, 1.807) is 11.1 Å². The van der Waals surface area contributed by atoms with E-state index in [0.717, 1.165) is 29.4 Å². The molecule has 1 heteroatoms. The molecule has 14 rings (SSSR count). The van der Waals surface area contributed by atoms with Crippen molar-refractivity contribution in [2.75, 3.05) is 4.90 Å². The highest BCUT2D eigenvalue weighted by molar-refractivity contribution is 6.03. The SMILES string of the molecule is c1ccc(-c2ccc(N(c3ccc(-c4ccc5c(c4)C4(c6ccccc6-5)C5CC6CC7CC4C75C6)cc3)c3ccccc3-c3cccc4cccc(C5CCCCC5)c34)cc2)cc1. The average molecular weight is 812 g/mol. The van der Waals surface area contributed by atoms with E-state index in [1.807, 2.05) is 0 Å². The lowest BCUT2D eigenvalue weighted by Crippen LogP contribution is -2.73. The summed E-state index contributed by atoms with van der Waals surface area (Å²) in [5.74, 6) is 4.19. The summed E-state index contributed by atoms with van der Waals surface area (Å²) in [5.41, 5.74) is 19.9. The molecule has 306 valence electrons. The van der Waals surface area contributed by atoms with Crippen LogP contribution in [0.1, 0.15) is 80.4 Å². The largest absolute Gasteiger partial charge is 0.310 e. The third-order valence-corrected chi connectivity index (χ3v) is 17.7. The van der Waals surface area contributed by atoms with Gasteiger partial charge in [0.05, 0.1) is 5.69 Å². The molecule has 0 heterocycles. The van der Waals surface area contributed by atoms with E-state index in [4.69, 9.17) is 0 Å². The van der Waals surface area contributed by atoms with Crippen molar-refractivity contribution in [2.45, 2.75) is 69.1 Å². The molecule has 2 bridgehead atoms. The number of fused-ring (bicyclic) bond motifs is 9. The van der Waals surface area contributed by atoms with Crippen LogP contribution in [0.5, 0.6) is 0 Å². The summed E-state index contributed by atoms with van der Waals surface area (Å²) in [4.78, 5) is 2.50. The van der Waals surface area contributed by atoms with Crippen molar-refractivity contribution in [1.29, 1.82) is 0 Å². The molecule has 8 aromatic rings. The monoisotopic (exact) mass is 811 g/mol. The van der Waals surface area contributed by atoms with Crippen molar-refractivity contribution in [3.05, 3.63) is 199 Å². The second kappa shape index (κ2) is 13.7. The minimum absolute atomic E-state index is 0.207. The van der Waals surface area contributed by atoms with Gasteiger partial charge in [-0.3, -0.25) is 0 Å². The molecule has 6 aliphatic rings. The van der Waals surface area contributed by atoms with Gasteiger partial charge < -0.3 is 4.90 Å². The van der Waals surface area contributed by atoms with Crippen LogP contribution >= 0.6 is 0 Å². The van der Waals surface area contributed by atoms with E-state index in [1.165, 1.54) is 130 Å². The molecule has 0 aromatic heterocycles. The van der Waals surface area contributed by atoms with Gasteiger partial charge in [-0.1, -0.05) is 165 Å². The molecular formula is C62H53N. The third-order valence-electron chi connectivity index (χ3n) is 17.7. The number of para-hydroxylation sites is 1. The Bertz CT molecular complexity index is 3080. The zero-order valence-corrected chi connectivity index (χ0v) is 36.0. The summed E-state index contributed by atoms with van der Waals surface area (Å²) in [5, 5.41) is 2.76. The fourth-order valence-electron chi connectivity index (χ4n) is 15.4. The van der Waals surface area contributed by atoms with Crippen LogP contribution in [0.15, 0.2) is 182 Å². The number of nitrogens with zero attached hydrogens (tertiary/aromatic N) is 1. The first-order valence-corrected chi connectivity index (χ1v) is 24.1. The Kier molecular flexibility index (Phi) is 7.87. The molecule has 1 nitrogen and oxygen atoms in total. The number of hydrogen-bond donors (Lipinski definition) is 0. The lowest BCUT2D eigenvalue weighted by atomic mass is 9.27. The van der Waals surface area contributed by atoms with Gasteiger partial charge in [-0.25, -0.2) is 0 Å². The van der Waals surface area contributed by atoms with E-state index in [-0.39, 0.29) is 5.41 Å². The number of anilines is 3. The molecular weight excluding hydrogens is 759 g/mol. The Morgan fingerprint density at radius 1 is 0.444 bits per heavy atom. The average Bonchev–Trinajstić information content (AvgIpc) is 3.99. The third kappa shape index (κ3) is 5.00. The van der Waals surface area contributed by atoms with Crippen LogP contribution in [0.3, 0.4) is 0 Å². The molecule has 5 saturated carbocycles. The minimum atomic E-state index is 0.207. The van der Waals surface area contributed by atoms with Crippen LogP contribution in [0.2, 0.25) is 0 Å². The van der Waals surface area contributed by atoms with Crippen molar-refractivity contribution >= 4 is 27.8 Å². The summed E-state index contributed by atoms with van der Waals surface area (Å²) in [7, 11) is 0. The zero-order chi connectivity index (χ0) is 41.3. The molecule has 0 N–H and O–H groups in total. The Labute approximate surface area is 372 Å². The van der Waals surface area contributed by atoms with Gasteiger partial charge in [0.1, 0.15) is 0 Å². The Morgan fingerprint density at radius 3 is 1.84 bits per heavy atom. The predicted octanol–water partition coefficient (Wildman–Crippen LogP) is 16.7. The van der Waals surface area contributed by atoms with Gasteiger partial charge >= 0.3 is 0 Å². The molecule has 8 aromatic carbocycles. The molecule has 2 spiro atoms. The van der Waals surface area contributed by atoms with Crippen LogP contribution in [0.4, 0.5) is 17.1 Å². The molecule has 63 heavy (non-hydrogen) atoms. The molecule has 6 unspecified atom stereocenters. The molecule has 0 aliphatic heterocycles. The Morgan fingerprint density at radius 2 is 1.06 bits per heavy atom. The van der Waals surface area contributed by atoms with Crippen LogP contribution in [0, 0.1) is 29.1 Å². The summed E-state index contributed by atoms with van der Waals surface area (Å²) in [6.45, 7) is 0. The molecule has 6 aliphatic carbocycles. The second-order valence-corrected chi connectivity index (χ2v) is 20.3. The minimum Gasteiger partial charge on any atom is -0.310 e. The topological polar surface area (TPSA) is 3.24 Å². The Balaban J connectivity index is 0.888. The van der Waals surface area contributed by atoms with Crippen LogP contribution in [0.25, 0.3) is 55.3 Å². The van der Waals surface area contributed by atoms with Crippen LogP contribution < -0.4 is 4.90 Å². The van der Waals surface area contributed by atoms with Gasteiger partial charge in [0, 0.05) is 22.4 Å². The number of hydrogen-bond acceptors (Lipinski definition) is 1. The smallest absolute Gasteiger partial charge is 0.0540 e. The molecule has 0 amide bonds. The predicted molar refractivity (Wildman–Crippen MR) is 262 cm³/mol. The second-order valence-electron chi connectivity index (χ2n) is 20.3. The van der Waals surface area contributed by atoms with Gasteiger partial charge in [0.25, 0.3) is 0 Å². The molecule has 5 fully saturated rings. The van der Waals surface area contributed by atoms with E-state index < -0.39 is 0 Å². The van der Waals surface area contributed by atoms with Gasteiger partial charge in [0.15, 0.2) is 0 Å². The van der Waals surface area contributed by atoms with Crippen molar-refractivity contribution in [3.8, 4) is 44.5 Å². The van der Waals surface area contributed by atoms with Gasteiger partial charge in [0.2, 0.25) is 0 Å². The standard InChI is InChI=1S/C62H53N/c1-3-13-41(14-4-1)42-25-30-48(31-26-42)63(57-24-10-8-20-53(57)54-22-12-18-45-17-11-21-50(60(45)54)44-15-5-2-6-16-44)49-32-27-43(28-33-49)46-29-34-52-51-19-7-9-23-55(51)62(56(52)37-46)58-36-40-35-47-38-59(62)61(47,58)39-40/h1,3-4,7-14,17-34,37,40,44,47,58-59H,2,5-6,15-16,35-36,38-39H2. The van der Waals surface area contributed by atoms with Crippen molar-refractivity contribution in [2.24, 2.45) is 29.1 Å². The van der Waals surface area contributed by atoms with Crippen molar-refractivity contribution in [3.63, 3.8) is 0 Å². The molecule has 0 radical (unpaired) electrons. The van der Waals surface area contributed by atoms with Crippen LogP contribution in [-0.4, -0.2) is 0 Å².